The summed E-state index contributed by atoms with van der Waals surface area (Å²) in [6, 6.07) is 13.9. The maximum atomic E-state index is 13.8. The van der Waals surface area contributed by atoms with Crippen LogP contribution in [0.25, 0.3) is 6.08 Å². The van der Waals surface area contributed by atoms with Crippen molar-refractivity contribution < 1.29 is 14.3 Å². The lowest BCUT2D eigenvalue weighted by atomic mass is 9.74. The number of nitrogens with zero attached hydrogens (tertiary/aromatic N) is 3. The van der Waals surface area contributed by atoms with Crippen LogP contribution in [0.1, 0.15) is 42.3 Å². The fourth-order valence-corrected chi connectivity index (χ4v) is 4.56. The van der Waals surface area contributed by atoms with Crippen molar-refractivity contribution in [3.63, 3.8) is 0 Å². The van der Waals surface area contributed by atoms with Gasteiger partial charge in [-0.05, 0) is 36.8 Å². The highest BCUT2D eigenvalue weighted by Crippen LogP contribution is 2.45. The van der Waals surface area contributed by atoms with Gasteiger partial charge in [-0.1, -0.05) is 43.7 Å². The zero-order valence-electron chi connectivity index (χ0n) is 20.4. The Hall–Kier alpha value is -3.51. The summed E-state index contributed by atoms with van der Waals surface area (Å²) in [5, 5.41) is 0. The maximum Gasteiger partial charge on any atom is 0.167 e. The molecule has 6 heteroatoms. The largest absolute Gasteiger partial charge is 0.497 e. The summed E-state index contributed by atoms with van der Waals surface area (Å²) in [6.07, 6.45) is 6.80. The fraction of sp³-hybridized carbons (Fsp3) is 0.321. The highest BCUT2D eigenvalue weighted by Gasteiger charge is 2.45. The van der Waals surface area contributed by atoms with E-state index in [4.69, 9.17) is 9.47 Å². The molecule has 2 aromatic carbocycles. The lowest BCUT2D eigenvalue weighted by molar-refractivity contribution is -0.128. The van der Waals surface area contributed by atoms with Gasteiger partial charge in [0.15, 0.2) is 5.78 Å². The molecule has 0 amide bonds. The molecule has 0 N–H and O–H groups in total. The molecule has 0 spiro atoms. The van der Waals surface area contributed by atoms with Crippen molar-refractivity contribution in [2.24, 2.45) is 5.41 Å². The molecular weight excluding hydrogens is 426 g/mol. The molecule has 34 heavy (non-hydrogen) atoms. The molecule has 0 radical (unpaired) electrons. The van der Waals surface area contributed by atoms with E-state index in [9.17, 15) is 4.79 Å². The number of methoxy groups -OCH3 is 2. The van der Waals surface area contributed by atoms with Crippen LogP contribution in [0.4, 0.5) is 0 Å². The Morgan fingerprint density at radius 1 is 1.09 bits per heavy atom. The molecule has 1 aliphatic rings. The Kier molecular flexibility index (Phi) is 6.80. The van der Waals surface area contributed by atoms with Crippen molar-refractivity contribution in [3.05, 3.63) is 89.0 Å². The normalized spacial score (nSPS) is 19.3. The summed E-state index contributed by atoms with van der Waals surface area (Å²) in [5.41, 5.74) is 4.02. The molecule has 1 aromatic heterocycles. The number of likely N-dealkylation sites (tertiary alicyclic amines) is 1. The predicted molar refractivity (Wildman–Crippen MR) is 133 cm³/mol. The molecule has 6 nitrogen and oxygen atoms in total. The number of hydrogen-bond acceptors (Lipinski definition) is 6. The minimum atomic E-state index is -0.568. The second kappa shape index (κ2) is 9.77. The number of benzene rings is 2. The topological polar surface area (TPSA) is 64.5 Å². The fourth-order valence-electron chi connectivity index (χ4n) is 4.56. The Bertz CT molecular complexity index is 1190. The van der Waals surface area contributed by atoms with Gasteiger partial charge in [-0.25, -0.2) is 0 Å². The van der Waals surface area contributed by atoms with Gasteiger partial charge in [0, 0.05) is 42.0 Å². The zero-order valence-corrected chi connectivity index (χ0v) is 20.4. The summed E-state index contributed by atoms with van der Waals surface area (Å²) < 4.78 is 11.3. The first kappa shape index (κ1) is 23.6. The van der Waals surface area contributed by atoms with Crippen molar-refractivity contribution in [2.45, 2.75) is 33.4 Å². The number of ketones is 1. The number of Topliss-reactive ketones (excluding diaryl/α,β-unsaturated/α-hetero) is 1. The number of rotatable bonds is 6. The predicted octanol–water partition coefficient (Wildman–Crippen LogP) is 5.04. The summed E-state index contributed by atoms with van der Waals surface area (Å²) in [6.45, 7) is 7.36. The second-order valence-electron chi connectivity index (χ2n) is 9.34. The van der Waals surface area contributed by atoms with Crippen LogP contribution in [-0.4, -0.2) is 41.4 Å². The first-order valence-corrected chi connectivity index (χ1v) is 11.4. The molecule has 1 atom stereocenters. The minimum Gasteiger partial charge on any atom is -0.497 e. The smallest absolute Gasteiger partial charge is 0.167 e. The molecule has 1 fully saturated rings. The third-order valence-electron chi connectivity index (χ3n) is 6.26. The number of aryl methyl sites for hydroxylation is 1. The van der Waals surface area contributed by atoms with Crippen molar-refractivity contribution in [2.75, 3.05) is 20.8 Å². The van der Waals surface area contributed by atoms with Gasteiger partial charge in [-0.2, -0.15) is 0 Å². The van der Waals surface area contributed by atoms with Gasteiger partial charge in [-0.3, -0.25) is 19.7 Å². The standard InChI is InChI=1S/C28H31N3O3/c1-19-6-8-20(9-7-19)17-31-18-28(2,3)27(32)24(14-21-16-29-12-13-30-21)26(31)23-15-22(33-4)10-11-25(23)34-5/h6-16,26H,17-18H2,1-5H3/b24-14+. The van der Waals surface area contributed by atoms with E-state index in [1.165, 1.54) is 11.1 Å². The van der Waals surface area contributed by atoms with Crippen LogP contribution in [0.5, 0.6) is 11.5 Å². The number of carbonyl (C=O) groups excluding carboxylic acids is 1. The lowest BCUT2D eigenvalue weighted by Gasteiger charge is -2.44. The van der Waals surface area contributed by atoms with Crippen molar-refractivity contribution in [1.82, 2.24) is 14.9 Å². The van der Waals surface area contributed by atoms with Gasteiger partial charge in [0.05, 0.1) is 32.2 Å². The molecule has 1 aliphatic heterocycles. The summed E-state index contributed by atoms with van der Waals surface area (Å²) in [7, 11) is 3.29. The van der Waals surface area contributed by atoms with E-state index in [0.29, 0.717) is 35.9 Å². The molecule has 4 rings (SSSR count). The van der Waals surface area contributed by atoms with Gasteiger partial charge in [0.25, 0.3) is 0 Å². The molecule has 176 valence electrons. The van der Waals surface area contributed by atoms with Gasteiger partial charge >= 0.3 is 0 Å². The Morgan fingerprint density at radius 2 is 1.85 bits per heavy atom. The summed E-state index contributed by atoms with van der Waals surface area (Å²) in [5.74, 6) is 1.51. The van der Waals surface area contributed by atoms with E-state index in [0.717, 1.165) is 5.56 Å². The monoisotopic (exact) mass is 457 g/mol. The van der Waals surface area contributed by atoms with Crippen LogP contribution in [0, 0.1) is 12.3 Å². The SMILES string of the molecule is COc1ccc(OC)c(C2/C(=C\c3cnccn3)C(=O)C(C)(C)CN2Cc2ccc(C)cc2)c1. The Balaban J connectivity index is 1.90. The van der Waals surface area contributed by atoms with Crippen LogP contribution >= 0.6 is 0 Å². The minimum absolute atomic E-state index is 0.0909. The third-order valence-corrected chi connectivity index (χ3v) is 6.26. The summed E-state index contributed by atoms with van der Waals surface area (Å²) in [4.78, 5) is 24.8. The van der Waals surface area contributed by atoms with Gasteiger partial charge in [-0.15, -0.1) is 0 Å². The Labute approximate surface area is 201 Å². The lowest BCUT2D eigenvalue weighted by Crippen LogP contribution is -2.49. The first-order valence-electron chi connectivity index (χ1n) is 11.4. The van der Waals surface area contributed by atoms with Gasteiger partial charge in [0.1, 0.15) is 11.5 Å². The van der Waals surface area contributed by atoms with Crippen LogP contribution < -0.4 is 9.47 Å². The van der Waals surface area contributed by atoms with E-state index < -0.39 is 5.41 Å². The van der Waals surface area contributed by atoms with Gasteiger partial charge < -0.3 is 9.47 Å². The van der Waals surface area contributed by atoms with E-state index >= 15 is 0 Å². The third kappa shape index (κ3) is 4.87. The molecule has 1 saturated heterocycles. The molecule has 0 saturated carbocycles. The highest BCUT2D eigenvalue weighted by atomic mass is 16.5. The Morgan fingerprint density at radius 3 is 2.50 bits per heavy atom. The van der Waals surface area contributed by atoms with E-state index in [1.807, 2.05) is 38.1 Å². The van der Waals surface area contributed by atoms with Gasteiger partial charge in [0.2, 0.25) is 0 Å². The summed E-state index contributed by atoms with van der Waals surface area (Å²) >= 11 is 0. The molecule has 2 heterocycles. The van der Waals surface area contributed by atoms with Crippen LogP contribution in [-0.2, 0) is 11.3 Å². The average Bonchev–Trinajstić information content (AvgIpc) is 2.84. The van der Waals surface area contributed by atoms with Crippen LogP contribution in [0.15, 0.2) is 66.6 Å². The maximum absolute atomic E-state index is 13.8. The number of piperidine rings is 1. The van der Waals surface area contributed by atoms with E-state index in [2.05, 4.69) is 46.1 Å². The van der Waals surface area contributed by atoms with Crippen molar-refractivity contribution in [1.29, 1.82) is 0 Å². The highest BCUT2D eigenvalue weighted by molar-refractivity contribution is 6.05. The number of carbonyl (C=O) groups is 1. The first-order chi connectivity index (χ1) is 16.3. The van der Waals surface area contributed by atoms with Crippen LogP contribution in [0.2, 0.25) is 0 Å². The molecule has 3 aromatic rings. The number of hydrogen-bond donors (Lipinski definition) is 0. The van der Waals surface area contributed by atoms with E-state index in [1.54, 1.807) is 32.8 Å². The number of aromatic nitrogens is 2. The van der Waals surface area contributed by atoms with Crippen LogP contribution in [0.3, 0.4) is 0 Å². The average molecular weight is 458 g/mol. The molecule has 0 bridgehead atoms. The zero-order chi connectivity index (χ0) is 24.3. The van der Waals surface area contributed by atoms with Crippen molar-refractivity contribution in [3.8, 4) is 11.5 Å². The molecular formula is C28H31N3O3. The molecule has 1 unspecified atom stereocenters. The van der Waals surface area contributed by atoms with Crippen molar-refractivity contribution >= 4 is 11.9 Å². The van der Waals surface area contributed by atoms with E-state index in [-0.39, 0.29) is 11.8 Å². The quantitative estimate of drug-likeness (QED) is 0.483. The molecule has 0 aliphatic carbocycles. The second-order valence-corrected chi connectivity index (χ2v) is 9.34. The number of ether oxygens (including phenoxy) is 2.